The third-order valence-corrected chi connectivity index (χ3v) is 5.25. The molecule has 0 fully saturated rings. The zero-order chi connectivity index (χ0) is 22.8. The molecule has 0 radical (unpaired) electrons. The van der Waals surface area contributed by atoms with E-state index in [-0.39, 0.29) is 10.5 Å². The van der Waals surface area contributed by atoms with Crippen molar-refractivity contribution in [2.45, 2.75) is 13.5 Å². The van der Waals surface area contributed by atoms with Crippen molar-refractivity contribution in [3.05, 3.63) is 74.7 Å². The Kier molecular flexibility index (Phi) is 6.35. The van der Waals surface area contributed by atoms with Gasteiger partial charge in [-0.05, 0) is 61.6 Å². The molecule has 0 atom stereocenters. The van der Waals surface area contributed by atoms with Crippen LogP contribution in [-0.4, -0.2) is 37.5 Å². The van der Waals surface area contributed by atoms with E-state index in [1.807, 2.05) is 6.07 Å². The highest BCUT2D eigenvalue weighted by molar-refractivity contribution is 7.71. The summed E-state index contributed by atoms with van der Waals surface area (Å²) in [5.74, 6) is 0.412. The van der Waals surface area contributed by atoms with Crippen molar-refractivity contribution in [1.82, 2.24) is 24.7 Å². The van der Waals surface area contributed by atoms with Crippen molar-refractivity contribution in [2.75, 3.05) is 0 Å². The maximum Gasteiger partial charge on any atom is 0.387 e. The van der Waals surface area contributed by atoms with Gasteiger partial charge in [0, 0.05) is 10.6 Å². The summed E-state index contributed by atoms with van der Waals surface area (Å²) in [6.45, 7) is -1.10. The quantitative estimate of drug-likeness (QED) is 0.267. The number of aromatic nitrogens is 5. The summed E-state index contributed by atoms with van der Waals surface area (Å²) >= 11 is 17.9. The lowest BCUT2D eigenvalue weighted by molar-refractivity contribution is -0.0498. The first-order valence-corrected chi connectivity index (χ1v) is 10.3. The fourth-order valence-corrected chi connectivity index (χ4v) is 3.61. The number of rotatable bonds is 6. The molecule has 0 unspecified atom stereocenters. The highest BCUT2D eigenvalue weighted by Gasteiger charge is 2.15. The van der Waals surface area contributed by atoms with Gasteiger partial charge in [0.1, 0.15) is 10.9 Å². The van der Waals surface area contributed by atoms with Crippen LogP contribution in [-0.2, 0) is 0 Å². The summed E-state index contributed by atoms with van der Waals surface area (Å²) in [4.78, 5) is 0. The number of nitrogens with one attached hydrogen (secondary N) is 1. The first-order valence-electron chi connectivity index (χ1n) is 9.11. The van der Waals surface area contributed by atoms with E-state index in [1.165, 1.54) is 23.0 Å². The fourth-order valence-electron chi connectivity index (χ4n) is 2.92. The number of nitrogens with zero attached hydrogens (tertiary/aromatic N) is 5. The van der Waals surface area contributed by atoms with Gasteiger partial charge < -0.3 is 4.74 Å². The molecular formula is C20H14Cl2F2N6OS. The number of hydrogen-bond acceptors (Lipinski definition) is 5. The van der Waals surface area contributed by atoms with Crippen LogP contribution in [0.2, 0.25) is 10.2 Å². The Bertz CT molecular complexity index is 1350. The van der Waals surface area contributed by atoms with Crippen LogP contribution in [0.4, 0.5) is 8.78 Å². The van der Waals surface area contributed by atoms with Crippen LogP contribution >= 0.6 is 35.4 Å². The minimum atomic E-state index is -2.90. The van der Waals surface area contributed by atoms with E-state index in [4.69, 9.17) is 35.4 Å². The molecule has 0 saturated heterocycles. The average Bonchev–Trinajstić information content (AvgIpc) is 3.25. The second-order valence-corrected chi connectivity index (χ2v) is 7.67. The summed E-state index contributed by atoms with van der Waals surface area (Å²) in [6.07, 6.45) is 1.52. The minimum absolute atomic E-state index is 0.0313. The molecule has 12 heteroatoms. The fraction of sp³-hybridized carbons (Fsp3) is 0.100. The largest absolute Gasteiger partial charge is 0.435 e. The van der Waals surface area contributed by atoms with E-state index in [0.717, 1.165) is 0 Å². The van der Waals surface area contributed by atoms with Gasteiger partial charge in [-0.25, -0.2) is 9.78 Å². The van der Waals surface area contributed by atoms with Gasteiger partial charge in [-0.1, -0.05) is 29.3 Å². The van der Waals surface area contributed by atoms with Crippen LogP contribution in [0.5, 0.6) is 5.75 Å². The van der Waals surface area contributed by atoms with Gasteiger partial charge >= 0.3 is 6.61 Å². The molecule has 2 aromatic heterocycles. The molecule has 164 valence electrons. The van der Waals surface area contributed by atoms with Gasteiger partial charge in [0.25, 0.3) is 0 Å². The maximum absolute atomic E-state index is 12.4. The van der Waals surface area contributed by atoms with Crippen LogP contribution in [0.15, 0.2) is 53.6 Å². The first-order chi connectivity index (χ1) is 15.3. The van der Waals surface area contributed by atoms with Crippen molar-refractivity contribution in [1.29, 1.82) is 0 Å². The van der Waals surface area contributed by atoms with E-state index < -0.39 is 6.61 Å². The zero-order valence-electron chi connectivity index (χ0n) is 16.3. The predicted octanol–water partition coefficient (Wildman–Crippen LogP) is 5.89. The summed E-state index contributed by atoms with van der Waals surface area (Å²) < 4.78 is 32.3. The molecule has 32 heavy (non-hydrogen) atoms. The summed E-state index contributed by atoms with van der Waals surface area (Å²) in [6, 6.07) is 13.1. The molecule has 4 aromatic rings. The molecular weight excluding hydrogens is 481 g/mol. The van der Waals surface area contributed by atoms with E-state index in [0.29, 0.717) is 38.5 Å². The van der Waals surface area contributed by atoms with Crippen molar-refractivity contribution in [2.24, 2.45) is 5.10 Å². The Morgan fingerprint density at radius 1 is 1.19 bits per heavy atom. The number of ether oxygens (including phenoxy) is 1. The number of halogens is 4. The minimum Gasteiger partial charge on any atom is -0.435 e. The molecule has 0 spiro atoms. The lowest BCUT2D eigenvalue weighted by Gasteiger charge is -2.05. The second-order valence-electron chi connectivity index (χ2n) is 6.49. The van der Waals surface area contributed by atoms with Crippen LogP contribution in [0.3, 0.4) is 0 Å². The Balaban J connectivity index is 1.67. The van der Waals surface area contributed by atoms with Crippen LogP contribution in [0.25, 0.3) is 17.1 Å². The summed E-state index contributed by atoms with van der Waals surface area (Å²) in [7, 11) is 0. The lowest BCUT2D eigenvalue weighted by atomic mass is 10.2. The lowest BCUT2D eigenvalue weighted by Crippen LogP contribution is -2.01. The third-order valence-electron chi connectivity index (χ3n) is 4.39. The Hall–Kier alpha value is -3.08. The van der Waals surface area contributed by atoms with Gasteiger partial charge in [-0.15, -0.1) is 0 Å². The standard InChI is InChI=1S/C20H14Cl2F2N6OS/c1-11-16(17(22)29(28-11)14-4-2-3-13(21)9-14)10-25-30-18(26-27-20(30)32)12-5-7-15(8-6-12)31-19(23)24/h2-10,19H,1H3,(H,27,32). The van der Waals surface area contributed by atoms with E-state index >= 15 is 0 Å². The van der Waals surface area contributed by atoms with E-state index in [9.17, 15) is 8.78 Å². The van der Waals surface area contributed by atoms with E-state index in [2.05, 4.69) is 25.1 Å². The van der Waals surface area contributed by atoms with Crippen molar-refractivity contribution in [3.8, 4) is 22.8 Å². The molecule has 0 aliphatic heterocycles. The summed E-state index contributed by atoms with van der Waals surface area (Å²) in [5.41, 5.74) is 2.52. The van der Waals surface area contributed by atoms with Gasteiger partial charge in [0.2, 0.25) is 4.77 Å². The molecule has 2 aromatic carbocycles. The molecule has 0 aliphatic rings. The smallest absolute Gasteiger partial charge is 0.387 e. The molecule has 0 amide bonds. The van der Waals surface area contributed by atoms with Crippen LogP contribution in [0, 0.1) is 11.7 Å². The number of benzene rings is 2. The Morgan fingerprint density at radius 2 is 1.94 bits per heavy atom. The Labute approximate surface area is 195 Å². The SMILES string of the molecule is Cc1nn(-c2cccc(Cl)c2)c(Cl)c1C=Nn1c(-c2ccc(OC(F)F)cc2)n[nH]c1=S. The molecule has 0 saturated carbocycles. The number of aromatic amines is 1. The molecule has 4 rings (SSSR count). The predicted molar refractivity (Wildman–Crippen MR) is 121 cm³/mol. The average molecular weight is 495 g/mol. The first kappa shape index (κ1) is 22.1. The van der Waals surface area contributed by atoms with Crippen LogP contribution in [0.1, 0.15) is 11.3 Å². The second kappa shape index (κ2) is 9.19. The molecule has 2 heterocycles. The number of hydrogen-bond donors (Lipinski definition) is 1. The molecule has 7 nitrogen and oxygen atoms in total. The molecule has 0 bridgehead atoms. The monoisotopic (exact) mass is 494 g/mol. The highest BCUT2D eigenvalue weighted by atomic mass is 35.5. The number of H-pyrrole nitrogens is 1. The van der Waals surface area contributed by atoms with Crippen molar-refractivity contribution in [3.63, 3.8) is 0 Å². The maximum atomic E-state index is 12.4. The van der Waals surface area contributed by atoms with Crippen molar-refractivity contribution < 1.29 is 13.5 Å². The third kappa shape index (κ3) is 4.57. The van der Waals surface area contributed by atoms with Crippen LogP contribution < -0.4 is 4.74 Å². The van der Waals surface area contributed by atoms with Gasteiger partial charge in [0.05, 0.1) is 23.2 Å². The molecule has 0 aliphatic carbocycles. The molecule has 1 N–H and O–H groups in total. The normalized spacial score (nSPS) is 11.6. The number of alkyl halides is 2. The Morgan fingerprint density at radius 3 is 2.62 bits per heavy atom. The zero-order valence-corrected chi connectivity index (χ0v) is 18.7. The van der Waals surface area contributed by atoms with Gasteiger partial charge in [0.15, 0.2) is 5.82 Å². The summed E-state index contributed by atoms with van der Waals surface area (Å²) in [5, 5.41) is 16.6. The van der Waals surface area contributed by atoms with E-state index in [1.54, 1.807) is 41.9 Å². The van der Waals surface area contributed by atoms with Gasteiger partial charge in [-0.2, -0.15) is 28.8 Å². The van der Waals surface area contributed by atoms with Crippen molar-refractivity contribution >= 4 is 41.6 Å². The number of aryl methyl sites for hydroxylation is 1. The van der Waals surface area contributed by atoms with Gasteiger partial charge in [-0.3, -0.25) is 0 Å². The topological polar surface area (TPSA) is 73.0 Å². The highest BCUT2D eigenvalue weighted by Crippen LogP contribution is 2.25.